The van der Waals surface area contributed by atoms with Gasteiger partial charge < -0.3 is 14.7 Å². The second kappa shape index (κ2) is 7.64. The molecule has 2 heterocycles. The molecule has 0 radical (unpaired) electrons. The van der Waals surface area contributed by atoms with E-state index in [0.717, 1.165) is 17.5 Å². The lowest BCUT2D eigenvalue weighted by Crippen LogP contribution is -2.43. The zero-order valence-corrected chi connectivity index (χ0v) is 15.8. The van der Waals surface area contributed by atoms with Gasteiger partial charge in [-0.3, -0.25) is 4.79 Å². The van der Waals surface area contributed by atoms with Crippen LogP contribution in [0.15, 0.2) is 23.1 Å². The number of ether oxygens (including phenoxy) is 1. The van der Waals surface area contributed by atoms with Gasteiger partial charge in [0, 0.05) is 45.2 Å². The van der Waals surface area contributed by atoms with Gasteiger partial charge in [-0.05, 0) is 42.5 Å². The molecule has 1 aromatic rings. The molecule has 144 valence electrons. The van der Waals surface area contributed by atoms with E-state index in [1.807, 2.05) is 6.07 Å². The van der Waals surface area contributed by atoms with Crippen molar-refractivity contribution in [1.82, 2.24) is 9.62 Å². The number of aliphatic hydroxyl groups excluding tert-OH is 1. The van der Waals surface area contributed by atoms with Crippen LogP contribution < -0.4 is 4.72 Å². The minimum atomic E-state index is -3.68. The summed E-state index contributed by atoms with van der Waals surface area (Å²) in [5.41, 5.74) is 1.49. The van der Waals surface area contributed by atoms with Crippen molar-refractivity contribution < 1.29 is 23.1 Å². The zero-order valence-electron chi connectivity index (χ0n) is 15.0. The van der Waals surface area contributed by atoms with Crippen molar-refractivity contribution in [3.05, 3.63) is 29.3 Å². The molecule has 1 amide bonds. The first-order valence-electron chi connectivity index (χ1n) is 8.91. The molecule has 3 rings (SSSR count). The number of nitrogens with zero attached hydrogens (tertiary/aromatic N) is 1. The van der Waals surface area contributed by atoms with Crippen LogP contribution >= 0.6 is 0 Å². The smallest absolute Gasteiger partial charge is 0.240 e. The number of benzene rings is 1. The Hall–Kier alpha value is -1.48. The van der Waals surface area contributed by atoms with E-state index in [2.05, 4.69) is 4.72 Å². The van der Waals surface area contributed by atoms with Gasteiger partial charge >= 0.3 is 0 Å². The van der Waals surface area contributed by atoms with Gasteiger partial charge in [-0.1, -0.05) is 6.07 Å². The van der Waals surface area contributed by atoms with E-state index in [1.165, 1.54) is 6.92 Å². The molecule has 1 saturated heterocycles. The Kier molecular flexibility index (Phi) is 5.67. The number of carbonyl (C=O) groups excluding carboxylic acids is 1. The first kappa shape index (κ1) is 19.3. The number of hydrogen-bond donors (Lipinski definition) is 2. The van der Waals surface area contributed by atoms with Gasteiger partial charge in [-0.25, -0.2) is 13.1 Å². The Morgan fingerprint density at radius 1 is 1.31 bits per heavy atom. The molecule has 2 aliphatic rings. The fraction of sp³-hybridized carbons (Fsp3) is 0.611. The SMILES string of the molecule is CC(=O)N1CCc2ccc(S(=O)(=O)NCC3(CO)CCOCC3)cc2C1. The predicted octanol–water partition coefficient (Wildman–Crippen LogP) is 0.659. The van der Waals surface area contributed by atoms with Crippen molar-refractivity contribution in [3.63, 3.8) is 0 Å². The molecular formula is C18H26N2O5S. The first-order valence-corrected chi connectivity index (χ1v) is 10.4. The second-order valence-electron chi connectivity index (χ2n) is 7.22. The van der Waals surface area contributed by atoms with Gasteiger partial charge in [-0.15, -0.1) is 0 Å². The summed E-state index contributed by atoms with van der Waals surface area (Å²) in [6.07, 6.45) is 1.99. The molecule has 1 aromatic carbocycles. The Morgan fingerprint density at radius 3 is 2.69 bits per heavy atom. The monoisotopic (exact) mass is 382 g/mol. The maximum Gasteiger partial charge on any atom is 0.240 e. The third kappa shape index (κ3) is 4.09. The van der Waals surface area contributed by atoms with Crippen LogP contribution in [0, 0.1) is 5.41 Å². The molecule has 2 N–H and O–H groups in total. The summed E-state index contributed by atoms with van der Waals surface area (Å²) >= 11 is 0. The Balaban J connectivity index is 1.75. The van der Waals surface area contributed by atoms with Crippen molar-refractivity contribution in [2.45, 2.75) is 37.6 Å². The molecule has 0 saturated carbocycles. The maximum atomic E-state index is 12.7. The van der Waals surface area contributed by atoms with Gasteiger partial charge in [-0.2, -0.15) is 0 Å². The normalized spacial score (nSPS) is 19.8. The number of sulfonamides is 1. The van der Waals surface area contributed by atoms with Crippen LogP contribution in [0.5, 0.6) is 0 Å². The third-order valence-electron chi connectivity index (χ3n) is 5.47. The van der Waals surface area contributed by atoms with E-state index in [1.54, 1.807) is 17.0 Å². The molecule has 0 bridgehead atoms. The van der Waals surface area contributed by atoms with E-state index >= 15 is 0 Å². The highest BCUT2D eigenvalue weighted by atomic mass is 32.2. The van der Waals surface area contributed by atoms with Crippen LogP contribution in [-0.2, 0) is 32.5 Å². The zero-order chi connectivity index (χ0) is 18.8. The summed E-state index contributed by atoms with van der Waals surface area (Å²) in [6.45, 7) is 3.79. The molecule has 0 unspecified atom stereocenters. The molecule has 7 nitrogen and oxygen atoms in total. The second-order valence-corrected chi connectivity index (χ2v) is 8.98. The molecule has 2 aliphatic heterocycles. The molecular weight excluding hydrogens is 356 g/mol. The topological polar surface area (TPSA) is 95.9 Å². The summed E-state index contributed by atoms with van der Waals surface area (Å²) in [6, 6.07) is 5.10. The van der Waals surface area contributed by atoms with Crippen LogP contribution in [0.25, 0.3) is 0 Å². The van der Waals surface area contributed by atoms with E-state index < -0.39 is 15.4 Å². The Morgan fingerprint density at radius 2 is 2.04 bits per heavy atom. The van der Waals surface area contributed by atoms with Crippen LogP contribution in [0.2, 0.25) is 0 Å². The highest BCUT2D eigenvalue weighted by Crippen LogP contribution is 2.30. The van der Waals surface area contributed by atoms with Gasteiger partial charge in [0.1, 0.15) is 0 Å². The standard InChI is InChI=1S/C18H26N2O5S/c1-14(22)20-7-4-15-2-3-17(10-16(15)11-20)26(23,24)19-12-18(13-21)5-8-25-9-6-18/h2-3,10,19,21H,4-9,11-13H2,1H3. The molecule has 0 spiro atoms. The summed E-state index contributed by atoms with van der Waals surface area (Å²) in [7, 11) is -3.68. The highest BCUT2D eigenvalue weighted by Gasteiger charge is 2.33. The van der Waals surface area contributed by atoms with E-state index in [0.29, 0.717) is 39.1 Å². The minimum absolute atomic E-state index is 0.00793. The van der Waals surface area contributed by atoms with Crippen LogP contribution in [0.3, 0.4) is 0 Å². The predicted molar refractivity (Wildman–Crippen MR) is 96.0 cm³/mol. The van der Waals surface area contributed by atoms with E-state index in [4.69, 9.17) is 4.74 Å². The van der Waals surface area contributed by atoms with Crippen molar-refractivity contribution in [3.8, 4) is 0 Å². The summed E-state index contributed by atoms with van der Waals surface area (Å²) in [5, 5.41) is 9.72. The summed E-state index contributed by atoms with van der Waals surface area (Å²) in [4.78, 5) is 13.5. The lowest BCUT2D eigenvalue weighted by Gasteiger charge is -2.35. The first-order chi connectivity index (χ1) is 12.4. The number of aliphatic hydroxyl groups is 1. The van der Waals surface area contributed by atoms with E-state index in [9.17, 15) is 18.3 Å². The molecule has 26 heavy (non-hydrogen) atoms. The van der Waals surface area contributed by atoms with Gasteiger partial charge in [0.05, 0.1) is 11.5 Å². The Bertz CT molecular complexity index is 772. The van der Waals surface area contributed by atoms with Crippen molar-refractivity contribution in [2.24, 2.45) is 5.41 Å². The number of hydrogen-bond acceptors (Lipinski definition) is 5. The fourth-order valence-corrected chi connectivity index (χ4v) is 4.70. The number of rotatable bonds is 5. The average molecular weight is 382 g/mol. The Labute approximate surface area is 154 Å². The molecule has 1 fully saturated rings. The van der Waals surface area contributed by atoms with Gasteiger partial charge in [0.2, 0.25) is 15.9 Å². The highest BCUT2D eigenvalue weighted by molar-refractivity contribution is 7.89. The molecule has 8 heteroatoms. The largest absolute Gasteiger partial charge is 0.396 e. The van der Waals surface area contributed by atoms with Crippen molar-refractivity contribution >= 4 is 15.9 Å². The fourth-order valence-electron chi connectivity index (χ4n) is 3.50. The van der Waals surface area contributed by atoms with Crippen LogP contribution in [0.4, 0.5) is 0 Å². The quantitative estimate of drug-likeness (QED) is 0.780. The minimum Gasteiger partial charge on any atom is -0.396 e. The van der Waals surface area contributed by atoms with Crippen LogP contribution in [-0.4, -0.2) is 57.2 Å². The number of amides is 1. The van der Waals surface area contributed by atoms with Crippen molar-refractivity contribution in [1.29, 1.82) is 0 Å². The molecule has 0 aromatic heterocycles. The summed E-state index contributed by atoms with van der Waals surface area (Å²) < 4.78 is 33.4. The molecule has 0 atom stereocenters. The van der Waals surface area contributed by atoms with E-state index in [-0.39, 0.29) is 24.0 Å². The van der Waals surface area contributed by atoms with Crippen molar-refractivity contribution in [2.75, 3.05) is 32.9 Å². The van der Waals surface area contributed by atoms with Crippen LogP contribution in [0.1, 0.15) is 30.9 Å². The lowest BCUT2D eigenvalue weighted by atomic mass is 9.81. The number of nitrogens with one attached hydrogen (secondary N) is 1. The number of fused-ring (bicyclic) bond motifs is 1. The average Bonchev–Trinajstić information content (AvgIpc) is 2.66. The summed E-state index contributed by atoms with van der Waals surface area (Å²) in [5.74, 6) is -0.00793. The molecule has 0 aliphatic carbocycles. The maximum absolute atomic E-state index is 12.7. The lowest BCUT2D eigenvalue weighted by molar-refractivity contribution is -0.129. The third-order valence-corrected chi connectivity index (χ3v) is 6.87. The number of carbonyl (C=O) groups is 1. The van der Waals surface area contributed by atoms with Gasteiger partial charge in [0.15, 0.2) is 0 Å². The van der Waals surface area contributed by atoms with Gasteiger partial charge in [0.25, 0.3) is 0 Å².